The first-order chi connectivity index (χ1) is 11.8. The molecule has 7 nitrogen and oxygen atoms in total. The predicted molar refractivity (Wildman–Crippen MR) is 87.7 cm³/mol. The standard InChI is InChI=1S/C17H15N5O2/c23-16(15-8-13-5-1-2-6-14(13)24-15)18-7-3-4-12-9-19-17-20-11-21-22(17)10-12/h1-2,5-6,8-11H,3-4,7H2,(H,18,23). The van der Waals surface area contributed by atoms with Crippen LogP contribution in [0.15, 0.2) is 53.5 Å². The molecule has 24 heavy (non-hydrogen) atoms. The van der Waals surface area contributed by atoms with Crippen molar-refractivity contribution in [3.05, 3.63) is 60.4 Å². The van der Waals surface area contributed by atoms with E-state index in [9.17, 15) is 4.79 Å². The van der Waals surface area contributed by atoms with E-state index < -0.39 is 0 Å². The molecule has 4 rings (SSSR count). The lowest BCUT2D eigenvalue weighted by molar-refractivity contribution is 0.0927. The van der Waals surface area contributed by atoms with Crippen LogP contribution in [0.1, 0.15) is 22.5 Å². The zero-order valence-electron chi connectivity index (χ0n) is 12.8. The van der Waals surface area contributed by atoms with Crippen molar-refractivity contribution in [3.63, 3.8) is 0 Å². The molecule has 0 radical (unpaired) electrons. The molecule has 0 unspecified atom stereocenters. The van der Waals surface area contributed by atoms with E-state index in [1.807, 2.05) is 30.5 Å². The third-order valence-electron chi connectivity index (χ3n) is 3.77. The molecule has 0 bridgehead atoms. The Morgan fingerprint density at radius 2 is 2.17 bits per heavy atom. The van der Waals surface area contributed by atoms with E-state index in [0.29, 0.717) is 18.1 Å². The summed E-state index contributed by atoms with van der Waals surface area (Å²) in [5, 5.41) is 7.86. The Labute approximate surface area is 137 Å². The Balaban J connectivity index is 1.32. The summed E-state index contributed by atoms with van der Waals surface area (Å²) in [7, 11) is 0. The monoisotopic (exact) mass is 321 g/mol. The largest absolute Gasteiger partial charge is 0.451 e. The number of fused-ring (bicyclic) bond motifs is 2. The first-order valence-corrected chi connectivity index (χ1v) is 7.71. The lowest BCUT2D eigenvalue weighted by Gasteiger charge is -2.03. The van der Waals surface area contributed by atoms with Gasteiger partial charge in [0.05, 0.1) is 0 Å². The fourth-order valence-corrected chi connectivity index (χ4v) is 2.56. The summed E-state index contributed by atoms with van der Waals surface area (Å²) in [5.74, 6) is 0.717. The number of amides is 1. The molecular weight excluding hydrogens is 306 g/mol. The Bertz CT molecular complexity index is 971. The van der Waals surface area contributed by atoms with E-state index in [-0.39, 0.29) is 5.91 Å². The van der Waals surface area contributed by atoms with Crippen LogP contribution in [0.2, 0.25) is 0 Å². The Morgan fingerprint density at radius 3 is 3.08 bits per heavy atom. The topological polar surface area (TPSA) is 85.3 Å². The highest BCUT2D eigenvalue weighted by atomic mass is 16.3. The second-order valence-electron chi connectivity index (χ2n) is 5.47. The number of carbonyl (C=O) groups is 1. The zero-order chi connectivity index (χ0) is 16.4. The van der Waals surface area contributed by atoms with Crippen molar-refractivity contribution >= 4 is 22.7 Å². The van der Waals surface area contributed by atoms with Crippen LogP contribution in [0, 0.1) is 0 Å². The molecule has 7 heteroatoms. The van der Waals surface area contributed by atoms with Gasteiger partial charge in [0, 0.05) is 24.3 Å². The van der Waals surface area contributed by atoms with E-state index in [2.05, 4.69) is 20.4 Å². The molecule has 0 aliphatic rings. The minimum Gasteiger partial charge on any atom is -0.451 e. The molecule has 0 saturated carbocycles. The minimum atomic E-state index is -0.198. The number of aromatic nitrogens is 4. The number of rotatable bonds is 5. The number of nitrogens with one attached hydrogen (secondary N) is 1. The van der Waals surface area contributed by atoms with Crippen molar-refractivity contribution < 1.29 is 9.21 Å². The van der Waals surface area contributed by atoms with Gasteiger partial charge in [-0.15, -0.1) is 0 Å². The van der Waals surface area contributed by atoms with Crippen molar-refractivity contribution in [3.8, 4) is 0 Å². The van der Waals surface area contributed by atoms with Crippen molar-refractivity contribution in [2.24, 2.45) is 0 Å². The van der Waals surface area contributed by atoms with Gasteiger partial charge in [-0.1, -0.05) is 18.2 Å². The lowest BCUT2D eigenvalue weighted by atomic mass is 10.2. The first kappa shape index (κ1) is 14.4. The molecule has 1 N–H and O–H groups in total. The van der Waals surface area contributed by atoms with Crippen LogP contribution in [0.25, 0.3) is 16.7 Å². The highest BCUT2D eigenvalue weighted by Gasteiger charge is 2.11. The molecule has 0 atom stereocenters. The van der Waals surface area contributed by atoms with Gasteiger partial charge in [-0.25, -0.2) is 9.50 Å². The van der Waals surface area contributed by atoms with Crippen LogP contribution < -0.4 is 5.32 Å². The van der Waals surface area contributed by atoms with Gasteiger partial charge in [0.2, 0.25) is 0 Å². The lowest BCUT2D eigenvalue weighted by Crippen LogP contribution is -2.24. The van der Waals surface area contributed by atoms with E-state index in [4.69, 9.17) is 4.42 Å². The van der Waals surface area contributed by atoms with Crippen LogP contribution in [-0.4, -0.2) is 32.0 Å². The molecule has 4 aromatic rings. The van der Waals surface area contributed by atoms with Gasteiger partial charge in [0.1, 0.15) is 11.9 Å². The molecule has 0 saturated heterocycles. The van der Waals surface area contributed by atoms with Crippen LogP contribution in [-0.2, 0) is 6.42 Å². The summed E-state index contributed by atoms with van der Waals surface area (Å²) < 4.78 is 7.19. The molecule has 120 valence electrons. The van der Waals surface area contributed by atoms with Crippen molar-refractivity contribution in [2.75, 3.05) is 6.54 Å². The van der Waals surface area contributed by atoms with Gasteiger partial charge in [0.25, 0.3) is 11.7 Å². The molecule has 1 aromatic carbocycles. The first-order valence-electron chi connectivity index (χ1n) is 7.71. The normalized spacial score (nSPS) is 11.2. The maximum atomic E-state index is 12.1. The number of hydrogen-bond donors (Lipinski definition) is 1. The molecule has 0 spiro atoms. The molecule has 3 aromatic heterocycles. The van der Waals surface area contributed by atoms with Crippen LogP contribution in [0.3, 0.4) is 0 Å². The smallest absolute Gasteiger partial charge is 0.287 e. The highest BCUT2D eigenvalue weighted by Crippen LogP contribution is 2.18. The Kier molecular flexibility index (Phi) is 3.66. The van der Waals surface area contributed by atoms with Crippen molar-refractivity contribution in [2.45, 2.75) is 12.8 Å². The van der Waals surface area contributed by atoms with Gasteiger partial charge in [-0.2, -0.15) is 10.1 Å². The third kappa shape index (κ3) is 2.83. The summed E-state index contributed by atoms with van der Waals surface area (Å²) in [5.41, 5.74) is 1.76. The summed E-state index contributed by atoms with van der Waals surface area (Å²) in [6.07, 6.45) is 6.75. The van der Waals surface area contributed by atoms with Crippen molar-refractivity contribution in [1.82, 2.24) is 24.9 Å². The van der Waals surface area contributed by atoms with Crippen LogP contribution in [0.5, 0.6) is 0 Å². The van der Waals surface area contributed by atoms with E-state index >= 15 is 0 Å². The van der Waals surface area contributed by atoms with Gasteiger partial charge in [-0.05, 0) is 30.5 Å². The van der Waals surface area contributed by atoms with E-state index in [1.165, 1.54) is 6.33 Å². The molecule has 1 amide bonds. The molecular formula is C17H15N5O2. The number of hydrogen-bond acceptors (Lipinski definition) is 5. The average Bonchev–Trinajstić information content (AvgIpc) is 3.24. The molecule has 0 aliphatic carbocycles. The van der Waals surface area contributed by atoms with Gasteiger partial charge >= 0.3 is 0 Å². The zero-order valence-corrected chi connectivity index (χ0v) is 12.8. The quantitative estimate of drug-likeness (QED) is 0.570. The molecule has 0 aliphatic heterocycles. The fraction of sp³-hybridized carbons (Fsp3) is 0.176. The fourth-order valence-electron chi connectivity index (χ4n) is 2.56. The number of para-hydroxylation sites is 1. The maximum Gasteiger partial charge on any atom is 0.287 e. The second kappa shape index (κ2) is 6.11. The van der Waals surface area contributed by atoms with E-state index in [0.717, 1.165) is 29.4 Å². The highest BCUT2D eigenvalue weighted by molar-refractivity contribution is 5.95. The average molecular weight is 321 g/mol. The third-order valence-corrected chi connectivity index (χ3v) is 3.77. The molecule has 0 fully saturated rings. The number of aryl methyl sites for hydroxylation is 1. The predicted octanol–water partition coefficient (Wildman–Crippen LogP) is 2.23. The Morgan fingerprint density at radius 1 is 1.25 bits per heavy atom. The van der Waals surface area contributed by atoms with Gasteiger partial charge in [-0.3, -0.25) is 4.79 Å². The van der Waals surface area contributed by atoms with Crippen molar-refractivity contribution in [1.29, 1.82) is 0 Å². The van der Waals surface area contributed by atoms with Gasteiger partial charge in [0.15, 0.2) is 5.76 Å². The Hall–Kier alpha value is -3.22. The summed E-state index contributed by atoms with van der Waals surface area (Å²) in [6, 6.07) is 9.32. The second-order valence-corrected chi connectivity index (χ2v) is 5.47. The molecule has 3 heterocycles. The summed E-state index contributed by atoms with van der Waals surface area (Å²) >= 11 is 0. The summed E-state index contributed by atoms with van der Waals surface area (Å²) in [4.78, 5) is 20.3. The van der Waals surface area contributed by atoms with Crippen LogP contribution >= 0.6 is 0 Å². The van der Waals surface area contributed by atoms with Gasteiger partial charge < -0.3 is 9.73 Å². The van der Waals surface area contributed by atoms with Crippen LogP contribution in [0.4, 0.5) is 0 Å². The number of benzene rings is 1. The number of nitrogens with zero attached hydrogens (tertiary/aromatic N) is 4. The number of furan rings is 1. The minimum absolute atomic E-state index is 0.198. The summed E-state index contributed by atoms with van der Waals surface area (Å²) in [6.45, 7) is 0.561. The SMILES string of the molecule is O=C(NCCCc1cnc2ncnn2c1)c1cc2ccccc2o1. The number of carbonyl (C=O) groups excluding carboxylic acids is 1. The maximum absolute atomic E-state index is 12.1. The van der Waals surface area contributed by atoms with E-state index in [1.54, 1.807) is 16.8 Å².